The highest BCUT2D eigenvalue weighted by Crippen LogP contribution is 2.19. The van der Waals surface area contributed by atoms with Crippen LogP contribution in [0, 0.1) is 0 Å². The minimum atomic E-state index is -0.620. The lowest BCUT2D eigenvalue weighted by molar-refractivity contribution is -0.138. The summed E-state index contributed by atoms with van der Waals surface area (Å²) in [5.74, 6) is -0.908. The van der Waals surface area contributed by atoms with E-state index in [-0.39, 0.29) is 30.0 Å². The zero-order valence-electron chi connectivity index (χ0n) is 13.1. The maximum atomic E-state index is 12.2. The van der Waals surface area contributed by atoms with Crippen LogP contribution in [0.5, 0.6) is 0 Å². The van der Waals surface area contributed by atoms with E-state index >= 15 is 0 Å². The third-order valence-electron chi connectivity index (χ3n) is 4.05. The van der Waals surface area contributed by atoms with Gasteiger partial charge < -0.3 is 14.6 Å². The fourth-order valence-corrected chi connectivity index (χ4v) is 2.76. The summed E-state index contributed by atoms with van der Waals surface area (Å²) in [6.07, 6.45) is 5.51. The molecule has 22 heavy (non-hydrogen) atoms. The number of esters is 1. The summed E-state index contributed by atoms with van der Waals surface area (Å²) in [6.45, 7) is 3.95. The number of aromatic amines is 1. The van der Waals surface area contributed by atoms with Crippen molar-refractivity contribution in [3.05, 3.63) is 23.5 Å². The highest BCUT2D eigenvalue weighted by Gasteiger charge is 2.26. The van der Waals surface area contributed by atoms with Gasteiger partial charge in [0.15, 0.2) is 12.4 Å². The average molecular weight is 306 g/mol. The Morgan fingerprint density at radius 2 is 2.14 bits per heavy atom. The van der Waals surface area contributed by atoms with E-state index in [9.17, 15) is 14.4 Å². The number of ether oxygens (including phenoxy) is 1. The summed E-state index contributed by atoms with van der Waals surface area (Å²) in [6, 6.07) is 1.68. The zero-order valence-corrected chi connectivity index (χ0v) is 13.1. The molecule has 1 aromatic heterocycles. The van der Waals surface area contributed by atoms with Gasteiger partial charge in [-0.15, -0.1) is 0 Å². The van der Waals surface area contributed by atoms with Gasteiger partial charge in [-0.05, 0) is 38.7 Å². The number of aromatic nitrogens is 1. The highest BCUT2D eigenvalue weighted by molar-refractivity contribution is 5.97. The van der Waals surface area contributed by atoms with Gasteiger partial charge in [0.2, 0.25) is 0 Å². The summed E-state index contributed by atoms with van der Waals surface area (Å²) in [5, 5.41) is 0. The fraction of sp³-hybridized carbons (Fsp3) is 0.562. The van der Waals surface area contributed by atoms with E-state index in [0.717, 1.165) is 32.2 Å². The maximum Gasteiger partial charge on any atom is 0.355 e. The van der Waals surface area contributed by atoms with Crippen LogP contribution in [-0.2, 0) is 9.53 Å². The van der Waals surface area contributed by atoms with Gasteiger partial charge in [-0.3, -0.25) is 9.59 Å². The van der Waals surface area contributed by atoms with Crippen molar-refractivity contribution in [1.29, 1.82) is 0 Å². The first-order chi connectivity index (χ1) is 10.5. The van der Waals surface area contributed by atoms with E-state index in [2.05, 4.69) is 11.9 Å². The number of hydrogen-bond acceptors (Lipinski definition) is 4. The van der Waals surface area contributed by atoms with Gasteiger partial charge in [0.05, 0.1) is 0 Å². The number of nitrogens with one attached hydrogen (secondary N) is 1. The molecule has 0 aromatic carbocycles. The molecular weight excluding hydrogens is 284 g/mol. The number of Topliss-reactive ketones (excluding diaryl/α,β-unsaturated/α-hetero) is 1. The van der Waals surface area contributed by atoms with Crippen LogP contribution in [0.3, 0.4) is 0 Å². The number of nitrogens with zero attached hydrogens (tertiary/aromatic N) is 1. The van der Waals surface area contributed by atoms with E-state index in [0.29, 0.717) is 5.56 Å². The molecule has 0 aliphatic carbocycles. The standard InChI is InChI=1S/C16H22N2O4/c1-3-13-6-4-5-7-18(13)15(20)10-22-16(21)14-8-12(9-17-14)11(2)19/h8-9,13,17H,3-7,10H2,1-2H3/t13-/m0/s1. The van der Waals surface area contributed by atoms with Gasteiger partial charge in [0.25, 0.3) is 5.91 Å². The lowest BCUT2D eigenvalue weighted by atomic mass is 10.00. The number of hydrogen-bond donors (Lipinski definition) is 1. The second-order valence-corrected chi connectivity index (χ2v) is 5.58. The van der Waals surface area contributed by atoms with Crippen molar-refractivity contribution in [2.24, 2.45) is 0 Å². The predicted octanol–water partition coefficient (Wildman–Crippen LogP) is 2.17. The number of carbonyl (C=O) groups excluding carboxylic acids is 3. The van der Waals surface area contributed by atoms with E-state index < -0.39 is 5.97 Å². The van der Waals surface area contributed by atoms with Crippen LogP contribution in [-0.4, -0.2) is 46.7 Å². The third-order valence-corrected chi connectivity index (χ3v) is 4.05. The smallest absolute Gasteiger partial charge is 0.355 e. The Hall–Kier alpha value is -2.11. The van der Waals surface area contributed by atoms with Gasteiger partial charge in [-0.2, -0.15) is 0 Å². The van der Waals surface area contributed by atoms with Crippen LogP contribution in [0.1, 0.15) is 60.4 Å². The van der Waals surface area contributed by atoms with Gasteiger partial charge in [-0.1, -0.05) is 6.92 Å². The summed E-state index contributed by atoms with van der Waals surface area (Å²) in [7, 11) is 0. The van der Waals surface area contributed by atoms with E-state index in [1.54, 1.807) is 0 Å². The number of ketones is 1. The van der Waals surface area contributed by atoms with Crippen molar-refractivity contribution in [3.8, 4) is 0 Å². The van der Waals surface area contributed by atoms with Crippen LogP contribution in [0.15, 0.2) is 12.3 Å². The molecule has 1 N–H and O–H groups in total. The molecule has 0 saturated carbocycles. The number of rotatable bonds is 5. The van der Waals surface area contributed by atoms with Gasteiger partial charge >= 0.3 is 5.97 Å². The minimum absolute atomic E-state index is 0.134. The molecule has 2 rings (SSSR count). The lowest BCUT2D eigenvalue weighted by Crippen LogP contribution is -2.45. The van der Waals surface area contributed by atoms with Gasteiger partial charge in [0.1, 0.15) is 5.69 Å². The molecule has 0 spiro atoms. The van der Waals surface area contributed by atoms with Crippen LogP contribution >= 0.6 is 0 Å². The molecule has 1 fully saturated rings. The summed E-state index contributed by atoms with van der Waals surface area (Å²) in [5.41, 5.74) is 0.601. The van der Waals surface area contributed by atoms with Crippen molar-refractivity contribution in [2.75, 3.05) is 13.2 Å². The molecule has 1 aliphatic rings. The lowest BCUT2D eigenvalue weighted by Gasteiger charge is -2.35. The van der Waals surface area contributed by atoms with Crippen molar-refractivity contribution in [3.63, 3.8) is 0 Å². The average Bonchev–Trinajstić information content (AvgIpc) is 3.02. The fourth-order valence-electron chi connectivity index (χ4n) is 2.76. The molecule has 0 unspecified atom stereocenters. The summed E-state index contributed by atoms with van der Waals surface area (Å²) >= 11 is 0. The Balaban J connectivity index is 1.89. The predicted molar refractivity (Wildman–Crippen MR) is 80.7 cm³/mol. The molecule has 1 atom stereocenters. The highest BCUT2D eigenvalue weighted by atomic mass is 16.5. The van der Waals surface area contributed by atoms with Crippen LogP contribution in [0.4, 0.5) is 0 Å². The molecule has 2 heterocycles. The van der Waals surface area contributed by atoms with Crippen molar-refractivity contribution in [2.45, 2.75) is 45.6 Å². The molecule has 1 aliphatic heterocycles. The molecule has 1 amide bonds. The molecule has 6 nitrogen and oxygen atoms in total. The quantitative estimate of drug-likeness (QED) is 0.668. The first-order valence-electron chi connectivity index (χ1n) is 7.69. The second-order valence-electron chi connectivity index (χ2n) is 5.58. The molecule has 120 valence electrons. The molecule has 0 bridgehead atoms. The normalized spacial score (nSPS) is 18.1. The molecule has 1 saturated heterocycles. The Bertz CT molecular complexity index is 564. The molecule has 0 radical (unpaired) electrons. The topological polar surface area (TPSA) is 79.5 Å². The minimum Gasteiger partial charge on any atom is -0.451 e. The van der Waals surface area contributed by atoms with Gasteiger partial charge in [-0.25, -0.2) is 4.79 Å². The largest absolute Gasteiger partial charge is 0.451 e. The van der Waals surface area contributed by atoms with Crippen LogP contribution in [0.2, 0.25) is 0 Å². The van der Waals surface area contributed by atoms with Gasteiger partial charge in [0, 0.05) is 24.3 Å². The molecule has 1 aromatic rings. The number of piperidine rings is 1. The van der Waals surface area contributed by atoms with E-state index in [1.165, 1.54) is 19.2 Å². The van der Waals surface area contributed by atoms with E-state index in [1.807, 2.05) is 4.90 Å². The maximum absolute atomic E-state index is 12.2. The number of amides is 1. The Morgan fingerprint density at radius 3 is 2.77 bits per heavy atom. The number of carbonyl (C=O) groups is 3. The van der Waals surface area contributed by atoms with E-state index in [4.69, 9.17) is 4.74 Å². The molecule has 6 heteroatoms. The first-order valence-corrected chi connectivity index (χ1v) is 7.69. The van der Waals surface area contributed by atoms with Crippen LogP contribution in [0.25, 0.3) is 0 Å². The number of likely N-dealkylation sites (tertiary alicyclic amines) is 1. The summed E-state index contributed by atoms with van der Waals surface area (Å²) in [4.78, 5) is 39.8. The monoisotopic (exact) mass is 306 g/mol. The second kappa shape index (κ2) is 7.24. The Morgan fingerprint density at radius 1 is 1.36 bits per heavy atom. The zero-order chi connectivity index (χ0) is 16.1. The van der Waals surface area contributed by atoms with Crippen molar-refractivity contribution in [1.82, 2.24) is 9.88 Å². The van der Waals surface area contributed by atoms with Crippen molar-refractivity contribution >= 4 is 17.7 Å². The van der Waals surface area contributed by atoms with Crippen molar-refractivity contribution < 1.29 is 19.1 Å². The number of H-pyrrole nitrogens is 1. The first kappa shape index (κ1) is 16.3. The summed E-state index contributed by atoms with van der Waals surface area (Å²) < 4.78 is 5.06. The van der Waals surface area contributed by atoms with Crippen LogP contribution < -0.4 is 0 Å². The SMILES string of the molecule is CC[C@H]1CCCCN1C(=O)COC(=O)c1cc(C(C)=O)c[nH]1. The molecular formula is C16H22N2O4. The Labute approximate surface area is 129 Å². The third kappa shape index (κ3) is 3.75. The Kier molecular flexibility index (Phi) is 5.35.